The number of ketones is 1. The molecule has 39 heavy (non-hydrogen) atoms. The van der Waals surface area contributed by atoms with Gasteiger partial charge in [0.25, 0.3) is 0 Å². The van der Waals surface area contributed by atoms with Gasteiger partial charge >= 0.3 is 0 Å². The molecule has 1 atom stereocenters. The fourth-order valence-electron chi connectivity index (χ4n) is 4.84. The molecule has 0 bridgehead atoms. The number of carbonyl (C=O) groups is 1. The number of fused-ring (bicyclic) bond motifs is 2. The van der Waals surface area contributed by atoms with Gasteiger partial charge in [0, 0.05) is 29.6 Å². The number of carbonyl (C=O) groups excluding carboxylic acids is 1. The highest BCUT2D eigenvalue weighted by Crippen LogP contribution is 2.30. The first-order valence-electron chi connectivity index (χ1n) is 12.9. The summed E-state index contributed by atoms with van der Waals surface area (Å²) < 4.78 is 7.61. The average molecular weight is 521 g/mol. The molecule has 1 fully saturated rings. The Morgan fingerprint density at radius 3 is 2.95 bits per heavy atom. The molecule has 0 amide bonds. The van der Waals surface area contributed by atoms with Crippen LogP contribution in [0.5, 0.6) is 11.5 Å². The zero-order valence-electron chi connectivity index (χ0n) is 21.8. The van der Waals surface area contributed by atoms with Crippen molar-refractivity contribution in [2.24, 2.45) is 0 Å². The van der Waals surface area contributed by atoms with Crippen molar-refractivity contribution < 1.29 is 9.53 Å². The molecule has 0 unspecified atom stereocenters. The van der Waals surface area contributed by atoms with Crippen LogP contribution in [0.3, 0.4) is 0 Å². The van der Waals surface area contributed by atoms with Crippen LogP contribution in [-0.2, 0) is 11.2 Å². The van der Waals surface area contributed by atoms with E-state index < -0.39 is 0 Å². The summed E-state index contributed by atoms with van der Waals surface area (Å²) in [5.41, 5.74) is 4.13. The molecule has 2 aromatic carbocycles. The van der Waals surface area contributed by atoms with E-state index in [1.807, 2.05) is 49.4 Å². The van der Waals surface area contributed by atoms with Crippen molar-refractivity contribution in [3.63, 3.8) is 0 Å². The number of aryl methyl sites for hydroxylation is 1. The van der Waals surface area contributed by atoms with Crippen molar-refractivity contribution in [1.82, 2.24) is 34.7 Å². The summed E-state index contributed by atoms with van der Waals surface area (Å²) in [5, 5.41) is 16.3. The Hall–Kier alpha value is -4.70. The summed E-state index contributed by atoms with van der Waals surface area (Å²) in [6, 6.07) is 13.8. The zero-order valence-corrected chi connectivity index (χ0v) is 21.8. The molecule has 1 aliphatic rings. The van der Waals surface area contributed by atoms with Gasteiger partial charge in [-0.05, 0) is 80.9 Å². The highest BCUT2D eigenvalue weighted by Gasteiger charge is 2.18. The van der Waals surface area contributed by atoms with Crippen molar-refractivity contribution in [2.45, 2.75) is 32.2 Å². The highest BCUT2D eigenvalue weighted by molar-refractivity contribution is 5.94. The lowest BCUT2D eigenvalue weighted by Gasteiger charge is -2.14. The number of hydrogen-bond acceptors (Lipinski definition) is 9. The van der Waals surface area contributed by atoms with Crippen molar-refractivity contribution in [3.05, 3.63) is 84.6 Å². The quantitative estimate of drug-likeness (QED) is 0.292. The highest BCUT2D eigenvalue weighted by atomic mass is 16.5. The van der Waals surface area contributed by atoms with Gasteiger partial charge in [0.15, 0.2) is 17.2 Å². The second kappa shape index (κ2) is 10.6. The second-order valence-electron chi connectivity index (χ2n) is 9.80. The molecular weight excluding hydrogens is 492 g/mol. The molecule has 0 aliphatic carbocycles. The van der Waals surface area contributed by atoms with Gasteiger partial charge in [-0.3, -0.25) is 9.69 Å². The van der Waals surface area contributed by atoms with E-state index in [2.05, 4.69) is 42.5 Å². The number of likely N-dealkylation sites (N-methyl/N-ethyl adjacent to an activating group) is 1. The standard InChI is InChI=1S/C29H28N8O2/c1-19-12-21(6-10-27(19)39-24-15-28-35-32-18-37(28)33-16-24)34-29-25-14-20(5-9-26(25)30-17-31-29)13-23(38)8-7-22-4-3-11-36(22)2/h5-10,12,14-18,22H,3-4,11,13H2,1-2H3,(H,30,31,34)/b8-7+/t22-/m1/s1. The van der Waals surface area contributed by atoms with Gasteiger partial charge in [-0.15, -0.1) is 10.2 Å². The van der Waals surface area contributed by atoms with Crippen LogP contribution in [0.15, 0.2) is 73.5 Å². The van der Waals surface area contributed by atoms with Crippen LogP contribution in [0.4, 0.5) is 11.5 Å². The normalized spacial score (nSPS) is 15.9. The smallest absolute Gasteiger partial charge is 0.181 e. The number of benzene rings is 2. The van der Waals surface area contributed by atoms with E-state index in [4.69, 9.17) is 4.74 Å². The number of anilines is 2. The summed E-state index contributed by atoms with van der Waals surface area (Å²) in [4.78, 5) is 23.8. The van der Waals surface area contributed by atoms with Crippen molar-refractivity contribution >= 4 is 33.8 Å². The molecule has 0 saturated carbocycles. The Labute approximate surface area is 225 Å². The maximum Gasteiger partial charge on any atom is 0.181 e. The van der Waals surface area contributed by atoms with Crippen LogP contribution in [0, 0.1) is 6.92 Å². The van der Waals surface area contributed by atoms with Crippen LogP contribution in [0.2, 0.25) is 0 Å². The summed E-state index contributed by atoms with van der Waals surface area (Å²) in [6.45, 7) is 3.05. The fourth-order valence-corrected chi connectivity index (χ4v) is 4.84. The minimum absolute atomic E-state index is 0.0885. The minimum Gasteiger partial charge on any atom is -0.455 e. The number of hydrogen-bond donors (Lipinski definition) is 1. The molecule has 3 aromatic heterocycles. The molecule has 6 rings (SSSR count). The first kappa shape index (κ1) is 24.6. The predicted molar refractivity (Wildman–Crippen MR) is 148 cm³/mol. The maximum absolute atomic E-state index is 12.7. The molecule has 5 aromatic rings. The van der Waals surface area contributed by atoms with Gasteiger partial charge in [-0.2, -0.15) is 5.10 Å². The molecule has 10 nitrogen and oxygen atoms in total. The molecular formula is C29H28N8O2. The number of ether oxygens (including phenoxy) is 1. The predicted octanol–water partition coefficient (Wildman–Crippen LogP) is 4.67. The first-order valence-corrected chi connectivity index (χ1v) is 12.9. The monoisotopic (exact) mass is 520 g/mol. The number of allylic oxidation sites excluding steroid dienone is 1. The number of rotatable bonds is 8. The third-order valence-corrected chi connectivity index (χ3v) is 6.96. The molecule has 4 heterocycles. The van der Waals surface area contributed by atoms with Crippen LogP contribution in [-0.4, -0.2) is 60.1 Å². The SMILES string of the molecule is Cc1cc(Nc2ncnc3ccc(CC(=O)/C=C/[C@H]4CCCN4C)cc23)ccc1Oc1cnn2cnnc2c1. The summed E-state index contributed by atoms with van der Waals surface area (Å²) in [5.74, 6) is 2.04. The van der Waals surface area contributed by atoms with Gasteiger partial charge in [0.2, 0.25) is 0 Å². The summed E-state index contributed by atoms with van der Waals surface area (Å²) in [7, 11) is 2.10. The summed E-state index contributed by atoms with van der Waals surface area (Å²) in [6.07, 6.45) is 11.1. The van der Waals surface area contributed by atoms with E-state index in [0.29, 0.717) is 35.4 Å². The van der Waals surface area contributed by atoms with E-state index in [-0.39, 0.29) is 5.78 Å². The lowest BCUT2D eigenvalue weighted by Crippen LogP contribution is -2.22. The van der Waals surface area contributed by atoms with Gasteiger partial charge < -0.3 is 10.1 Å². The van der Waals surface area contributed by atoms with Crippen LogP contribution >= 0.6 is 0 Å². The molecule has 1 saturated heterocycles. The van der Waals surface area contributed by atoms with Crippen molar-refractivity contribution in [1.29, 1.82) is 0 Å². The Kier molecular flexibility index (Phi) is 6.68. The third kappa shape index (κ3) is 5.46. The number of likely N-dealkylation sites (tertiary alicyclic amines) is 1. The Morgan fingerprint density at radius 2 is 2.10 bits per heavy atom. The third-order valence-electron chi connectivity index (χ3n) is 6.96. The Balaban J connectivity index is 1.18. The molecule has 10 heteroatoms. The van der Waals surface area contributed by atoms with Crippen molar-refractivity contribution in [2.75, 3.05) is 18.9 Å². The van der Waals surface area contributed by atoms with Crippen molar-refractivity contribution in [3.8, 4) is 11.5 Å². The molecule has 196 valence electrons. The Morgan fingerprint density at radius 1 is 1.18 bits per heavy atom. The Bertz CT molecular complexity index is 1700. The number of nitrogens with one attached hydrogen (secondary N) is 1. The first-order chi connectivity index (χ1) is 19.0. The molecule has 1 aliphatic heterocycles. The van der Waals surface area contributed by atoms with Gasteiger partial charge in [-0.25, -0.2) is 14.5 Å². The average Bonchev–Trinajstić information content (AvgIpc) is 3.57. The van der Waals surface area contributed by atoms with E-state index in [1.165, 1.54) is 19.1 Å². The van der Waals surface area contributed by atoms with Crippen LogP contribution in [0.1, 0.15) is 24.0 Å². The lowest BCUT2D eigenvalue weighted by atomic mass is 10.0. The minimum atomic E-state index is 0.0885. The lowest BCUT2D eigenvalue weighted by molar-refractivity contribution is -0.114. The molecule has 0 radical (unpaired) electrons. The topological polar surface area (TPSA) is 110 Å². The zero-order chi connectivity index (χ0) is 26.8. The fraction of sp³-hybridized carbons (Fsp3) is 0.241. The number of nitrogens with zero attached hydrogens (tertiary/aromatic N) is 7. The molecule has 0 spiro atoms. The number of aromatic nitrogens is 6. The van der Waals surface area contributed by atoms with E-state index in [1.54, 1.807) is 22.9 Å². The largest absolute Gasteiger partial charge is 0.455 e. The van der Waals surface area contributed by atoms with E-state index in [0.717, 1.165) is 40.7 Å². The maximum atomic E-state index is 12.7. The van der Waals surface area contributed by atoms with Gasteiger partial charge in [0.05, 0.1) is 11.7 Å². The van der Waals surface area contributed by atoms with Gasteiger partial charge in [-0.1, -0.05) is 12.1 Å². The van der Waals surface area contributed by atoms with E-state index >= 15 is 0 Å². The van der Waals surface area contributed by atoms with E-state index in [9.17, 15) is 4.79 Å². The van der Waals surface area contributed by atoms with Crippen LogP contribution < -0.4 is 10.1 Å². The molecule has 1 N–H and O–H groups in total. The second-order valence-corrected chi connectivity index (χ2v) is 9.80. The van der Waals surface area contributed by atoms with Crippen LogP contribution in [0.25, 0.3) is 16.6 Å². The van der Waals surface area contributed by atoms with Gasteiger partial charge in [0.1, 0.15) is 24.2 Å². The summed E-state index contributed by atoms with van der Waals surface area (Å²) >= 11 is 0.